The van der Waals surface area contributed by atoms with Gasteiger partial charge < -0.3 is 5.32 Å². The second-order valence-corrected chi connectivity index (χ2v) is 6.28. The van der Waals surface area contributed by atoms with Crippen molar-refractivity contribution in [2.45, 2.75) is 19.0 Å². The number of imide groups is 1. The van der Waals surface area contributed by atoms with E-state index in [0.717, 1.165) is 11.3 Å². The molecule has 0 aliphatic carbocycles. The van der Waals surface area contributed by atoms with Crippen LogP contribution >= 0.6 is 11.8 Å². The van der Waals surface area contributed by atoms with E-state index < -0.39 is 0 Å². The molecule has 1 N–H and O–H groups in total. The number of rotatable bonds is 4. The number of hydrogen-bond acceptors (Lipinski definition) is 5. The first-order valence-electron chi connectivity index (χ1n) is 7.25. The number of carbonyl (C=O) groups excluding carboxylic acids is 2. The van der Waals surface area contributed by atoms with Crippen molar-refractivity contribution in [3.63, 3.8) is 0 Å². The summed E-state index contributed by atoms with van der Waals surface area (Å²) >= 11 is 1.28. The first-order chi connectivity index (χ1) is 11.1. The Bertz CT molecular complexity index is 758. The Morgan fingerprint density at radius 2 is 2.22 bits per heavy atom. The number of benzene rings is 1. The highest BCUT2D eigenvalue weighted by molar-refractivity contribution is 7.99. The van der Waals surface area contributed by atoms with Crippen LogP contribution in [0, 0.1) is 13.8 Å². The third-order valence-electron chi connectivity index (χ3n) is 3.61. The fraction of sp³-hybridized carbons (Fsp3) is 0.333. The quantitative estimate of drug-likeness (QED) is 0.860. The number of nitrogens with zero attached hydrogens (tertiary/aromatic N) is 4. The lowest BCUT2D eigenvalue weighted by Crippen LogP contribution is -2.35. The zero-order valence-electron chi connectivity index (χ0n) is 12.9. The van der Waals surface area contributed by atoms with E-state index >= 15 is 0 Å². The summed E-state index contributed by atoms with van der Waals surface area (Å²) in [6.07, 6.45) is 1.63. The molecule has 0 saturated carbocycles. The van der Waals surface area contributed by atoms with Crippen molar-refractivity contribution < 1.29 is 9.59 Å². The van der Waals surface area contributed by atoms with Gasteiger partial charge in [-0.2, -0.15) is 0 Å². The molecule has 23 heavy (non-hydrogen) atoms. The monoisotopic (exact) mass is 331 g/mol. The van der Waals surface area contributed by atoms with Crippen LogP contribution < -0.4 is 5.32 Å². The molecule has 0 unspecified atom stereocenters. The Kier molecular flexibility index (Phi) is 4.33. The molecule has 0 bridgehead atoms. The van der Waals surface area contributed by atoms with Gasteiger partial charge in [0.2, 0.25) is 5.91 Å². The number of aryl methyl sites for hydroxylation is 2. The maximum atomic E-state index is 12.1. The van der Waals surface area contributed by atoms with Gasteiger partial charge >= 0.3 is 6.03 Å². The lowest BCUT2D eigenvalue weighted by atomic mass is 10.1. The van der Waals surface area contributed by atoms with Crippen molar-refractivity contribution in [1.82, 2.24) is 25.0 Å². The van der Waals surface area contributed by atoms with Gasteiger partial charge in [-0.1, -0.05) is 29.5 Å². The lowest BCUT2D eigenvalue weighted by Gasteiger charge is -2.12. The van der Waals surface area contributed by atoms with E-state index in [0.29, 0.717) is 18.2 Å². The van der Waals surface area contributed by atoms with Gasteiger partial charge in [0.1, 0.15) is 6.33 Å². The molecule has 7 nitrogen and oxygen atoms in total. The molecule has 1 aromatic heterocycles. The maximum absolute atomic E-state index is 12.1. The van der Waals surface area contributed by atoms with Crippen LogP contribution in [0.5, 0.6) is 0 Å². The van der Waals surface area contributed by atoms with Crippen LogP contribution in [0.1, 0.15) is 11.1 Å². The Morgan fingerprint density at radius 1 is 1.39 bits per heavy atom. The summed E-state index contributed by atoms with van der Waals surface area (Å²) in [6.45, 7) is 4.99. The SMILES string of the molecule is Cc1ccc(-n2cnnc2SCC(=O)N2CCNC2=O)c(C)c1. The number of thioether (sulfide) groups is 1. The van der Waals surface area contributed by atoms with E-state index in [2.05, 4.69) is 21.6 Å². The third kappa shape index (κ3) is 3.21. The van der Waals surface area contributed by atoms with Crippen molar-refractivity contribution in [3.8, 4) is 5.69 Å². The van der Waals surface area contributed by atoms with Crippen molar-refractivity contribution >= 4 is 23.7 Å². The molecule has 1 aromatic carbocycles. The predicted octanol–water partition coefficient (Wildman–Crippen LogP) is 1.53. The first kappa shape index (κ1) is 15.5. The van der Waals surface area contributed by atoms with Crippen molar-refractivity contribution in [2.75, 3.05) is 18.8 Å². The number of aromatic nitrogens is 3. The van der Waals surface area contributed by atoms with Crippen molar-refractivity contribution in [1.29, 1.82) is 0 Å². The largest absolute Gasteiger partial charge is 0.336 e. The van der Waals surface area contributed by atoms with E-state index in [9.17, 15) is 9.59 Å². The number of nitrogens with one attached hydrogen (secondary N) is 1. The second-order valence-electron chi connectivity index (χ2n) is 5.34. The molecule has 1 aliphatic rings. The summed E-state index contributed by atoms with van der Waals surface area (Å²) < 4.78 is 1.86. The molecule has 2 aromatic rings. The van der Waals surface area contributed by atoms with E-state index in [1.165, 1.54) is 22.2 Å². The van der Waals surface area contributed by atoms with Crippen LogP contribution in [0.3, 0.4) is 0 Å². The molecule has 0 radical (unpaired) electrons. The molecule has 2 heterocycles. The van der Waals surface area contributed by atoms with Gasteiger partial charge in [-0.25, -0.2) is 4.79 Å². The molecule has 8 heteroatoms. The van der Waals surface area contributed by atoms with Crippen LogP contribution in [0.15, 0.2) is 29.7 Å². The predicted molar refractivity (Wildman–Crippen MR) is 86.7 cm³/mol. The highest BCUT2D eigenvalue weighted by Crippen LogP contribution is 2.23. The van der Waals surface area contributed by atoms with Gasteiger partial charge in [0, 0.05) is 13.1 Å². The van der Waals surface area contributed by atoms with Gasteiger partial charge in [0.25, 0.3) is 0 Å². The van der Waals surface area contributed by atoms with E-state index in [1.54, 1.807) is 6.33 Å². The van der Waals surface area contributed by atoms with E-state index in [1.807, 2.05) is 30.5 Å². The van der Waals surface area contributed by atoms with Gasteiger partial charge in [-0.3, -0.25) is 14.3 Å². The molecule has 3 amide bonds. The minimum absolute atomic E-state index is 0.150. The van der Waals surface area contributed by atoms with Crippen LogP contribution in [0.2, 0.25) is 0 Å². The minimum Gasteiger partial charge on any atom is -0.336 e. The van der Waals surface area contributed by atoms with Crippen molar-refractivity contribution in [3.05, 3.63) is 35.7 Å². The fourth-order valence-electron chi connectivity index (χ4n) is 2.48. The average molecular weight is 331 g/mol. The minimum atomic E-state index is -0.327. The Hall–Kier alpha value is -2.35. The maximum Gasteiger partial charge on any atom is 0.324 e. The van der Waals surface area contributed by atoms with Crippen molar-refractivity contribution in [2.24, 2.45) is 0 Å². The second kappa shape index (κ2) is 6.41. The van der Waals surface area contributed by atoms with Crippen LogP contribution in [-0.4, -0.2) is 50.4 Å². The van der Waals surface area contributed by atoms with Crippen LogP contribution in [0.4, 0.5) is 4.79 Å². The summed E-state index contributed by atoms with van der Waals surface area (Å²) in [7, 11) is 0. The molecule has 3 rings (SSSR count). The van der Waals surface area contributed by atoms with E-state index in [4.69, 9.17) is 0 Å². The van der Waals surface area contributed by atoms with E-state index in [-0.39, 0.29) is 17.7 Å². The summed E-state index contributed by atoms with van der Waals surface area (Å²) in [5.74, 6) is -0.0722. The Labute approximate surface area is 138 Å². The lowest BCUT2D eigenvalue weighted by molar-refractivity contribution is -0.124. The zero-order chi connectivity index (χ0) is 16.4. The smallest absolute Gasteiger partial charge is 0.324 e. The first-order valence-corrected chi connectivity index (χ1v) is 8.23. The third-order valence-corrected chi connectivity index (χ3v) is 4.54. The fourth-order valence-corrected chi connectivity index (χ4v) is 3.28. The molecule has 0 atom stereocenters. The molecule has 0 spiro atoms. The number of carbonyl (C=O) groups is 2. The zero-order valence-corrected chi connectivity index (χ0v) is 13.8. The van der Waals surface area contributed by atoms with Gasteiger partial charge in [-0.15, -0.1) is 10.2 Å². The Morgan fingerprint density at radius 3 is 2.91 bits per heavy atom. The summed E-state index contributed by atoms with van der Waals surface area (Å²) in [5.41, 5.74) is 3.27. The molecular weight excluding hydrogens is 314 g/mol. The number of amides is 3. The molecule has 1 saturated heterocycles. The van der Waals surface area contributed by atoms with Crippen LogP contribution in [-0.2, 0) is 4.79 Å². The van der Waals surface area contributed by atoms with Crippen LogP contribution in [0.25, 0.3) is 5.69 Å². The number of urea groups is 1. The summed E-state index contributed by atoms with van der Waals surface area (Å²) in [4.78, 5) is 24.8. The van der Waals surface area contributed by atoms with Gasteiger partial charge in [-0.05, 0) is 25.5 Å². The molecule has 1 fully saturated rings. The number of hydrogen-bond donors (Lipinski definition) is 1. The summed E-state index contributed by atoms with van der Waals surface area (Å²) in [6, 6.07) is 5.79. The molecular formula is C15H17N5O2S. The highest BCUT2D eigenvalue weighted by Gasteiger charge is 2.26. The normalized spacial score (nSPS) is 14.2. The summed E-state index contributed by atoms with van der Waals surface area (Å²) in [5, 5.41) is 11.3. The highest BCUT2D eigenvalue weighted by atomic mass is 32.2. The van der Waals surface area contributed by atoms with Gasteiger partial charge in [0.15, 0.2) is 5.16 Å². The standard InChI is InChI=1S/C15H17N5O2S/c1-10-3-4-12(11(2)7-10)20-9-17-18-15(20)23-8-13(21)19-6-5-16-14(19)22/h3-4,7,9H,5-6,8H2,1-2H3,(H,16,22). The molecule has 1 aliphatic heterocycles. The molecule has 120 valence electrons. The topological polar surface area (TPSA) is 80.1 Å². The average Bonchev–Trinajstić information content (AvgIpc) is 3.13. The van der Waals surface area contributed by atoms with Gasteiger partial charge in [0.05, 0.1) is 11.4 Å². The Balaban J connectivity index is 1.74.